The Kier molecular flexibility index (Phi) is 5.52. The molecule has 24 heavy (non-hydrogen) atoms. The normalized spacial score (nSPS) is 10.3. The highest BCUT2D eigenvalue weighted by Gasteiger charge is 2.19. The van der Waals surface area contributed by atoms with E-state index in [4.69, 9.17) is 4.74 Å². The van der Waals surface area contributed by atoms with E-state index >= 15 is 0 Å². The highest BCUT2D eigenvalue weighted by Crippen LogP contribution is 2.17. The zero-order valence-electron chi connectivity index (χ0n) is 13.9. The maximum Gasteiger partial charge on any atom is 0.339 e. The van der Waals surface area contributed by atoms with Crippen LogP contribution < -0.4 is 10.9 Å². The SMILES string of the molecule is CCc1ccccc1NC(=O)c1cc(C(=O)OC)c(CC)[nH]c1=O. The van der Waals surface area contributed by atoms with Gasteiger partial charge >= 0.3 is 5.97 Å². The van der Waals surface area contributed by atoms with Gasteiger partial charge in [0.2, 0.25) is 0 Å². The Labute approximate surface area is 139 Å². The lowest BCUT2D eigenvalue weighted by molar-refractivity contribution is 0.0599. The first-order valence-electron chi connectivity index (χ1n) is 7.75. The molecule has 1 amide bonds. The minimum absolute atomic E-state index is 0.126. The summed E-state index contributed by atoms with van der Waals surface area (Å²) in [5.41, 5.74) is 1.57. The van der Waals surface area contributed by atoms with Crippen molar-refractivity contribution >= 4 is 17.6 Å². The highest BCUT2D eigenvalue weighted by atomic mass is 16.5. The molecule has 0 spiro atoms. The Hall–Kier alpha value is -2.89. The third-order valence-electron chi connectivity index (χ3n) is 3.77. The van der Waals surface area contributed by atoms with Crippen LogP contribution in [0.15, 0.2) is 35.1 Å². The predicted molar refractivity (Wildman–Crippen MR) is 91.6 cm³/mol. The van der Waals surface area contributed by atoms with Crippen LogP contribution in [-0.2, 0) is 17.6 Å². The van der Waals surface area contributed by atoms with Crippen molar-refractivity contribution in [3.05, 3.63) is 63.1 Å². The third-order valence-corrected chi connectivity index (χ3v) is 3.77. The van der Waals surface area contributed by atoms with Crippen LogP contribution in [0.5, 0.6) is 0 Å². The fourth-order valence-electron chi connectivity index (χ4n) is 2.45. The number of carbonyl (C=O) groups excluding carboxylic acids is 2. The van der Waals surface area contributed by atoms with Crippen molar-refractivity contribution in [1.82, 2.24) is 4.98 Å². The summed E-state index contributed by atoms with van der Waals surface area (Å²) in [5, 5.41) is 2.73. The van der Waals surface area contributed by atoms with Gasteiger partial charge in [-0.1, -0.05) is 32.0 Å². The molecule has 6 nitrogen and oxygen atoms in total. The number of esters is 1. The van der Waals surface area contributed by atoms with Gasteiger partial charge in [-0.2, -0.15) is 0 Å². The first kappa shape index (κ1) is 17.5. The largest absolute Gasteiger partial charge is 0.465 e. The number of aryl methyl sites for hydroxylation is 2. The molecule has 126 valence electrons. The van der Waals surface area contributed by atoms with Gasteiger partial charge in [-0.05, 0) is 30.5 Å². The van der Waals surface area contributed by atoms with Crippen molar-refractivity contribution in [3.63, 3.8) is 0 Å². The molecule has 2 rings (SSSR count). The minimum atomic E-state index is -0.592. The summed E-state index contributed by atoms with van der Waals surface area (Å²) >= 11 is 0. The minimum Gasteiger partial charge on any atom is -0.465 e. The van der Waals surface area contributed by atoms with Gasteiger partial charge < -0.3 is 15.0 Å². The molecule has 0 atom stereocenters. The molecule has 0 fully saturated rings. The maximum atomic E-state index is 12.5. The Morgan fingerprint density at radius 1 is 1.12 bits per heavy atom. The number of methoxy groups -OCH3 is 1. The van der Waals surface area contributed by atoms with Crippen LogP contribution in [-0.4, -0.2) is 24.0 Å². The van der Waals surface area contributed by atoms with Crippen molar-refractivity contribution in [3.8, 4) is 0 Å². The lowest BCUT2D eigenvalue weighted by Gasteiger charge is -2.11. The number of aromatic amines is 1. The second-order valence-electron chi connectivity index (χ2n) is 5.21. The standard InChI is InChI=1S/C18H20N2O4/c1-4-11-8-6-7-9-15(11)20-17(22)13-10-12(18(23)24-3)14(5-2)19-16(13)21/h6-10H,4-5H2,1-3H3,(H,19,21)(H,20,22). The molecule has 6 heteroatoms. The second-order valence-corrected chi connectivity index (χ2v) is 5.21. The van der Waals surface area contributed by atoms with E-state index < -0.39 is 17.4 Å². The number of para-hydroxylation sites is 1. The number of anilines is 1. The third kappa shape index (κ3) is 3.53. The summed E-state index contributed by atoms with van der Waals surface area (Å²) in [6.45, 7) is 3.78. The molecule has 0 radical (unpaired) electrons. The zero-order chi connectivity index (χ0) is 17.7. The summed E-state index contributed by atoms with van der Waals surface area (Å²) in [6, 6.07) is 8.64. The number of ether oxygens (including phenoxy) is 1. The second kappa shape index (κ2) is 7.59. The molecule has 2 aromatic rings. The monoisotopic (exact) mass is 328 g/mol. The molecule has 2 N–H and O–H groups in total. The van der Waals surface area contributed by atoms with Gasteiger partial charge in [0.05, 0.1) is 12.7 Å². The van der Waals surface area contributed by atoms with E-state index in [1.54, 1.807) is 19.1 Å². The first-order valence-corrected chi connectivity index (χ1v) is 7.75. The van der Waals surface area contributed by atoms with Crippen LogP contribution in [0, 0.1) is 0 Å². The average Bonchev–Trinajstić information content (AvgIpc) is 2.60. The number of H-pyrrole nitrogens is 1. The lowest BCUT2D eigenvalue weighted by atomic mass is 10.1. The molecule has 0 saturated carbocycles. The Morgan fingerprint density at radius 2 is 1.83 bits per heavy atom. The van der Waals surface area contributed by atoms with Crippen LogP contribution in [0.4, 0.5) is 5.69 Å². The smallest absolute Gasteiger partial charge is 0.339 e. The number of aromatic nitrogens is 1. The Morgan fingerprint density at radius 3 is 2.46 bits per heavy atom. The van der Waals surface area contributed by atoms with E-state index in [1.807, 2.05) is 19.1 Å². The average molecular weight is 328 g/mol. The molecule has 0 aliphatic carbocycles. The van der Waals surface area contributed by atoms with E-state index in [9.17, 15) is 14.4 Å². The van der Waals surface area contributed by atoms with Gasteiger partial charge in [-0.3, -0.25) is 9.59 Å². The molecule has 0 unspecified atom stereocenters. The molecule has 0 aliphatic rings. The Balaban J connectivity index is 2.42. The number of hydrogen-bond acceptors (Lipinski definition) is 4. The van der Waals surface area contributed by atoms with Gasteiger partial charge in [0.25, 0.3) is 11.5 Å². The van der Waals surface area contributed by atoms with E-state index in [-0.39, 0.29) is 11.1 Å². The molecule has 1 heterocycles. The van der Waals surface area contributed by atoms with E-state index in [0.717, 1.165) is 12.0 Å². The van der Waals surface area contributed by atoms with Gasteiger partial charge in [0, 0.05) is 11.4 Å². The van der Waals surface area contributed by atoms with Crippen molar-refractivity contribution in [2.24, 2.45) is 0 Å². The summed E-state index contributed by atoms with van der Waals surface area (Å²) in [4.78, 5) is 39.1. The van der Waals surface area contributed by atoms with Crippen molar-refractivity contribution in [1.29, 1.82) is 0 Å². The summed E-state index contributed by atoms with van der Waals surface area (Å²) in [7, 11) is 1.25. The molecular formula is C18H20N2O4. The molecule has 0 bridgehead atoms. The van der Waals surface area contributed by atoms with Gasteiger partial charge in [-0.15, -0.1) is 0 Å². The summed E-state index contributed by atoms with van der Waals surface area (Å²) < 4.78 is 4.72. The number of nitrogens with one attached hydrogen (secondary N) is 2. The van der Waals surface area contributed by atoms with E-state index in [2.05, 4.69) is 10.3 Å². The van der Waals surface area contributed by atoms with Gasteiger partial charge in [0.1, 0.15) is 5.56 Å². The lowest BCUT2D eigenvalue weighted by Crippen LogP contribution is -2.26. The fraction of sp³-hybridized carbons (Fsp3) is 0.278. The highest BCUT2D eigenvalue weighted by molar-refractivity contribution is 6.05. The number of rotatable bonds is 5. The van der Waals surface area contributed by atoms with Crippen molar-refractivity contribution in [2.45, 2.75) is 26.7 Å². The maximum absolute atomic E-state index is 12.5. The molecule has 0 saturated heterocycles. The number of pyridine rings is 1. The van der Waals surface area contributed by atoms with Crippen LogP contribution in [0.2, 0.25) is 0 Å². The van der Waals surface area contributed by atoms with Crippen molar-refractivity contribution in [2.75, 3.05) is 12.4 Å². The molecular weight excluding hydrogens is 308 g/mol. The molecule has 0 aliphatic heterocycles. The molecule has 1 aromatic carbocycles. The van der Waals surface area contributed by atoms with Crippen LogP contribution in [0.1, 0.15) is 45.8 Å². The summed E-state index contributed by atoms with van der Waals surface area (Å²) in [5.74, 6) is -1.16. The number of benzene rings is 1. The summed E-state index contributed by atoms with van der Waals surface area (Å²) in [6.07, 6.45) is 1.19. The first-order chi connectivity index (χ1) is 11.5. The van der Waals surface area contributed by atoms with Gasteiger partial charge in [-0.25, -0.2) is 4.79 Å². The van der Waals surface area contributed by atoms with Crippen molar-refractivity contribution < 1.29 is 14.3 Å². The number of amides is 1. The molecule has 1 aromatic heterocycles. The zero-order valence-corrected chi connectivity index (χ0v) is 13.9. The number of carbonyl (C=O) groups is 2. The Bertz CT molecular complexity index is 824. The van der Waals surface area contributed by atoms with E-state index in [0.29, 0.717) is 17.8 Å². The van der Waals surface area contributed by atoms with Crippen LogP contribution in [0.25, 0.3) is 0 Å². The van der Waals surface area contributed by atoms with Crippen LogP contribution in [0.3, 0.4) is 0 Å². The van der Waals surface area contributed by atoms with Crippen LogP contribution >= 0.6 is 0 Å². The van der Waals surface area contributed by atoms with E-state index in [1.165, 1.54) is 13.2 Å². The quantitative estimate of drug-likeness (QED) is 0.826. The number of hydrogen-bond donors (Lipinski definition) is 2. The predicted octanol–water partition coefficient (Wildman–Crippen LogP) is 2.54. The fourth-order valence-corrected chi connectivity index (χ4v) is 2.45. The topological polar surface area (TPSA) is 88.3 Å². The van der Waals surface area contributed by atoms with Gasteiger partial charge in [0.15, 0.2) is 0 Å².